The molecule has 0 fully saturated rings. The summed E-state index contributed by atoms with van der Waals surface area (Å²) in [6.07, 6.45) is -4.56. The Hall–Kier alpha value is -3.09. The van der Waals surface area contributed by atoms with E-state index in [1.165, 1.54) is 12.1 Å². The zero-order valence-electron chi connectivity index (χ0n) is 13.7. The second-order valence-corrected chi connectivity index (χ2v) is 5.55. The Labute approximate surface area is 146 Å². The Kier molecular flexibility index (Phi) is 4.54. The number of nitrogens with zero attached hydrogens (tertiary/aromatic N) is 1. The van der Waals surface area contributed by atoms with E-state index in [0.29, 0.717) is 23.6 Å². The summed E-state index contributed by atoms with van der Waals surface area (Å²) >= 11 is 0. The molecule has 1 heterocycles. The smallest absolute Gasteiger partial charge is 0.416 e. The average Bonchev–Trinajstić information content (AvgIpc) is 2.60. The van der Waals surface area contributed by atoms with Crippen LogP contribution in [0.5, 0.6) is 5.75 Å². The number of halogens is 3. The first-order chi connectivity index (χ1) is 12.3. The SMILES string of the molecule is CCOc1cccc(-c2cc(C(=O)O)c3cc(C(F)(F)F)ccc3n2)c1. The first kappa shape index (κ1) is 17.7. The van der Waals surface area contributed by atoms with E-state index in [1.54, 1.807) is 24.3 Å². The van der Waals surface area contributed by atoms with E-state index in [0.717, 1.165) is 12.1 Å². The number of ether oxygens (including phenoxy) is 1. The van der Waals surface area contributed by atoms with Gasteiger partial charge in [0.15, 0.2) is 0 Å². The fraction of sp³-hybridized carbons (Fsp3) is 0.158. The summed E-state index contributed by atoms with van der Waals surface area (Å²) < 4.78 is 44.2. The molecule has 0 aliphatic rings. The highest BCUT2D eigenvalue weighted by molar-refractivity contribution is 6.04. The summed E-state index contributed by atoms with van der Waals surface area (Å²) in [5, 5.41) is 9.39. The van der Waals surface area contributed by atoms with Gasteiger partial charge in [-0.05, 0) is 43.3 Å². The fourth-order valence-electron chi connectivity index (χ4n) is 2.64. The monoisotopic (exact) mass is 361 g/mol. The second-order valence-electron chi connectivity index (χ2n) is 5.55. The third-order valence-corrected chi connectivity index (χ3v) is 3.81. The molecule has 0 bridgehead atoms. The van der Waals surface area contributed by atoms with Gasteiger partial charge in [-0.25, -0.2) is 9.78 Å². The molecular weight excluding hydrogens is 347 g/mol. The molecule has 4 nitrogen and oxygen atoms in total. The molecule has 3 aromatic rings. The van der Waals surface area contributed by atoms with Crippen LogP contribution in [-0.2, 0) is 6.18 Å². The molecule has 26 heavy (non-hydrogen) atoms. The normalized spacial score (nSPS) is 11.5. The van der Waals surface area contributed by atoms with E-state index in [2.05, 4.69) is 4.98 Å². The van der Waals surface area contributed by atoms with E-state index >= 15 is 0 Å². The number of aromatic carboxylic acids is 1. The molecule has 0 atom stereocenters. The third-order valence-electron chi connectivity index (χ3n) is 3.81. The van der Waals surface area contributed by atoms with Gasteiger partial charge in [-0.2, -0.15) is 13.2 Å². The Morgan fingerprint density at radius 2 is 1.92 bits per heavy atom. The number of carboxylic acids is 1. The Bertz CT molecular complexity index is 983. The van der Waals surface area contributed by atoms with Crippen LogP contribution in [-0.4, -0.2) is 22.7 Å². The van der Waals surface area contributed by atoms with E-state index in [1.807, 2.05) is 6.92 Å². The number of hydrogen-bond acceptors (Lipinski definition) is 3. The molecule has 0 saturated carbocycles. The molecule has 0 radical (unpaired) electrons. The summed E-state index contributed by atoms with van der Waals surface area (Å²) in [5.41, 5.74) is -0.0236. The van der Waals surface area contributed by atoms with Crippen LogP contribution in [0, 0.1) is 0 Å². The van der Waals surface area contributed by atoms with Gasteiger partial charge in [0.25, 0.3) is 0 Å². The lowest BCUT2D eigenvalue weighted by Crippen LogP contribution is -2.06. The summed E-state index contributed by atoms with van der Waals surface area (Å²) in [7, 11) is 0. The molecule has 2 aromatic carbocycles. The predicted octanol–water partition coefficient (Wildman–Crippen LogP) is 5.02. The average molecular weight is 361 g/mol. The number of carbonyl (C=O) groups is 1. The van der Waals surface area contributed by atoms with Crippen molar-refractivity contribution in [3.05, 3.63) is 59.7 Å². The van der Waals surface area contributed by atoms with Gasteiger partial charge in [0.2, 0.25) is 0 Å². The minimum atomic E-state index is -4.56. The minimum absolute atomic E-state index is 0.0583. The Balaban J connectivity index is 2.20. The maximum atomic E-state index is 12.9. The summed E-state index contributed by atoms with van der Waals surface area (Å²) in [4.78, 5) is 15.9. The van der Waals surface area contributed by atoms with Crippen LogP contribution in [0.3, 0.4) is 0 Å². The van der Waals surface area contributed by atoms with E-state index in [4.69, 9.17) is 4.74 Å². The van der Waals surface area contributed by atoms with Crippen molar-refractivity contribution >= 4 is 16.9 Å². The zero-order valence-corrected chi connectivity index (χ0v) is 13.7. The van der Waals surface area contributed by atoms with Gasteiger partial charge in [-0.3, -0.25) is 0 Å². The zero-order chi connectivity index (χ0) is 18.9. The molecular formula is C19H14F3NO3. The van der Waals surface area contributed by atoms with Crippen molar-refractivity contribution in [2.45, 2.75) is 13.1 Å². The molecule has 1 N–H and O–H groups in total. The quantitative estimate of drug-likeness (QED) is 0.709. The number of benzene rings is 2. The van der Waals surface area contributed by atoms with Crippen molar-refractivity contribution in [1.29, 1.82) is 0 Å². The fourth-order valence-corrected chi connectivity index (χ4v) is 2.64. The molecule has 0 aliphatic carbocycles. The molecule has 7 heteroatoms. The lowest BCUT2D eigenvalue weighted by molar-refractivity contribution is -0.137. The van der Waals surface area contributed by atoms with Gasteiger partial charge in [-0.1, -0.05) is 12.1 Å². The van der Waals surface area contributed by atoms with Gasteiger partial charge in [0.1, 0.15) is 5.75 Å². The molecule has 0 unspecified atom stereocenters. The van der Waals surface area contributed by atoms with Crippen LogP contribution in [0.4, 0.5) is 13.2 Å². The Morgan fingerprint density at radius 1 is 1.15 bits per heavy atom. The van der Waals surface area contributed by atoms with Crippen molar-refractivity contribution < 1.29 is 27.8 Å². The van der Waals surface area contributed by atoms with Gasteiger partial charge >= 0.3 is 12.1 Å². The van der Waals surface area contributed by atoms with E-state index < -0.39 is 17.7 Å². The van der Waals surface area contributed by atoms with Crippen LogP contribution in [0.2, 0.25) is 0 Å². The van der Waals surface area contributed by atoms with Crippen molar-refractivity contribution in [3.63, 3.8) is 0 Å². The number of alkyl halides is 3. The van der Waals surface area contributed by atoms with Crippen LogP contribution in [0.15, 0.2) is 48.5 Å². The van der Waals surface area contributed by atoms with Crippen LogP contribution in [0.25, 0.3) is 22.2 Å². The first-order valence-electron chi connectivity index (χ1n) is 7.78. The van der Waals surface area contributed by atoms with Crippen molar-refractivity contribution in [2.75, 3.05) is 6.61 Å². The molecule has 0 aliphatic heterocycles. The molecule has 3 rings (SSSR count). The number of pyridine rings is 1. The maximum absolute atomic E-state index is 12.9. The summed E-state index contributed by atoms with van der Waals surface area (Å²) in [6.45, 7) is 2.30. The van der Waals surface area contributed by atoms with Gasteiger partial charge in [-0.15, -0.1) is 0 Å². The minimum Gasteiger partial charge on any atom is -0.494 e. The van der Waals surface area contributed by atoms with Gasteiger partial charge in [0.05, 0.1) is 28.9 Å². The molecule has 1 aromatic heterocycles. The number of hydrogen-bond donors (Lipinski definition) is 1. The van der Waals surface area contributed by atoms with Crippen LogP contribution in [0.1, 0.15) is 22.8 Å². The topological polar surface area (TPSA) is 59.4 Å². The highest BCUT2D eigenvalue weighted by Crippen LogP contribution is 2.33. The lowest BCUT2D eigenvalue weighted by atomic mass is 10.0. The largest absolute Gasteiger partial charge is 0.494 e. The second kappa shape index (κ2) is 6.67. The Morgan fingerprint density at radius 3 is 2.58 bits per heavy atom. The number of fused-ring (bicyclic) bond motifs is 1. The highest BCUT2D eigenvalue weighted by Gasteiger charge is 2.31. The molecule has 0 saturated heterocycles. The van der Waals surface area contributed by atoms with Crippen LogP contribution < -0.4 is 4.74 Å². The lowest BCUT2D eigenvalue weighted by Gasteiger charge is -2.11. The van der Waals surface area contributed by atoms with Crippen molar-refractivity contribution in [1.82, 2.24) is 4.98 Å². The summed E-state index contributed by atoms with van der Waals surface area (Å²) in [5.74, 6) is -0.727. The van der Waals surface area contributed by atoms with Crippen molar-refractivity contribution in [2.24, 2.45) is 0 Å². The maximum Gasteiger partial charge on any atom is 0.416 e. The number of aromatic nitrogens is 1. The number of carboxylic acid groups (broad SMARTS) is 1. The van der Waals surface area contributed by atoms with E-state index in [9.17, 15) is 23.1 Å². The molecule has 0 spiro atoms. The molecule has 134 valence electrons. The molecule has 0 amide bonds. The van der Waals surface area contributed by atoms with Crippen LogP contribution >= 0.6 is 0 Å². The van der Waals surface area contributed by atoms with Crippen molar-refractivity contribution in [3.8, 4) is 17.0 Å². The highest BCUT2D eigenvalue weighted by atomic mass is 19.4. The predicted molar refractivity (Wildman–Crippen MR) is 90.3 cm³/mol. The van der Waals surface area contributed by atoms with E-state index in [-0.39, 0.29) is 16.5 Å². The van der Waals surface area contributed by atoms with Gasteiger partial charge in [0, 0.05) is 10.9 Å². The standard InChI is InChI=1S/C19H14F3NO3/c1-2-26-13-5-3-4-11(8-13)17-10-15(18(24)25)14-9-12(19(20,21)22)6-7-16(14)23-17/h3-10H,2H2,1H3,(H,24,25). The number of rotatable bonds is 4. The summed E-state index contributed by atoms with van der Waals surface area (Å²) in [6, 6.07) is 11.1. The first-order valence-corrected chi connectivity index (χ1v) is 7.78. The van der Waals surface area contributed by atoms with Gasteiger partial charge < -0.3 is 9.84 Å². The third kappa shape index (κ3) is 3.46.